The zero-order valence-electron chi connectivity index (χ0n) is 16.4. The molecule has 0 aromatic heterocycles. The highest BCUT2D eigenvalue weighted by Gasteiger charge is 2.46. The molecule has 3 rings (SSSR count). The number of methoxy groups -OCH3 is 2. The van der Waals surface area contributed by atoms with E-state index in [1.165, 1.54) is 5.56 Å². The predicted molar refractivity (Wildman–Crippen MR) is 110 cm³/mol. The van der Waals surface area contributed by atoms with E-state index in [2.05, 4.69) is 29.7 Å². The van der Waals surface area contributed by atoms with Crippen LogP contribution in [0.1, 0.15) is 30.9 Å². The Labute approximate surface area is 161 Å². The minimum atomic E-state index is 0.142. The van der Waals surface area contributed by atoms with E-state index in [9.17, 15) is 0 Å². The van der Waals surface area contributed by atoms with Gasteiger partial charge in [0.2, 0.25) is 0 Å². The molecular formula is C22H29N3O2. The summed E-state index contributed by atoms with van der Waals surface area (Å²) in [6, 6.07) is 16.3. The van der Waals surface area contributed by atoms with Crippen LogP contribution in [0, 0.1) is 0 Å². The summed E-state index contributed by atoms with van der Waals surface area (Å²) < 4.78 is 10.8. The molecule has 0 atom stereocenters. The van der Waals surface area contributed by atoms with Crippen molar-refractivity contribution < 1.29 is 9.47 Å². The molecule has 144 valence electrons. The van der Waals surface area contributed by atoms with Crippen LogP contribution in [-0.4, -0.2) is 33.3 Å². The largest absolute Gasteiger partial charge is 0.497 e. The summed E-state index contributed by atoms with van der Waals surface area (Å²) in [6.45, 7) is 4.39. The van der Waals surface area contributed by atoms with E-state index < -0.39 is 0 Å². The first kappa shape index (κ1) is 19.1. The van der Waals surface area contributed by atoms with Gasteiger partial charge in [-0.05, 0) is 43.5 Å². The molecule has 2 N–H and O–H groups in total. The second kappa shape index (κ2) is 8.80. The SMILES string of the molecule is CCNC(=NCc1ccc(OC)cc1)NCC1(c2ccccc2OC)CC1. The highest BCUT2D eigenvalue weighted by molar-refractivity contribution is 5.80. The Hall–Kier alpha value is -2.69. The summed E-state index contributed by atoms with van der Waals surface area (Å²) in [7, 11) is 3.42. The van der Waals surface area contributed by atoms with Crippen molar-refractivity contribution in [2.75, 3.05) is 27.3 Å². The van der Waals surface area contributed by atoms with Crippen LogP contribution in [0.15, 0.2) is 53.5 Å². The monoisotopic (exact) mass is 367 g/mol. The van der Waals surface area contributed by atoms with Gasteiger partial charge in [0.15, 0.2) is 5.96 Å². The standard InChI is InChI=1S/C22H29N3O2/c1-4-23-21(24-15-17-9-11-18(26-2)12-10-17)25-16-22(13-14-22)19-7-5-6-8-20(19)27-3/h5-12H,4,13-16H2,1-3H3,(H2,23,24,25). The summed E-state index contributed by atoms with van der Waals surface area (Å²) in [6.07, 6.45) is 2.33. The summed E-state index contributed by atoms with van der Waals surface area (Å²) in [5.74, 6) is 2.67. The molecule has 2 aromatic rings. The van der Waals surface area contributed by atoms with Gasteiger partial charge < -0.3 is 20.1 Å². The predicted octanol–water partition coefficient (Wildman–Crippen LogP) is 3.49. The molecule has 27 heavy (non-hydrogen) atoms. The van der Waals surface area contributed by atoms with E-state index >= 15 is 0 Å². The van der Waals surface area contributed by atoms with E-state index in [1.807, 2.05) is 36.4 Å². The first-order chi connectivity index (χ1) is 13.2. The summed E-state index contributed by atoms with van der Waals surface area (Å²) in [5.41, 5.74) is 2.58. The van der Waals surface area contributed by atoms with Crippen molar-refractivity contribution in [1.82, 2.24) is 10.6 Å². The number of nitrogens with one attached hydrogen (secondary N) is 2. The van der Waals surface area contributed by atoms with Gasteiger partial charge in [-0.25, -0.2) is 4.99 Å². The molecule has 1 aliphatic carbocycles. The van der Waals surface area contributed by atoms with Gasteiger partial charge >= 0.3 is 0 Å². The van der Waals surface area contributed by atoms with Crippen LogP contribution in [0.4, 0.5) is 0 Å². The zero-order chi connectivity index (χ0) is 19.1. The van der Waals surface area contributed by atoms with Gasteiger partial charge in [-0.2, -0.15) is 0 Å². The number of aliphatic imine (C=N–C) groups is 1. The third-order valence-electron chi connectivity index (χ3n) is 5.05. The number of ether oxygens (including phenoxy) is 2. The van der Waals surface area contributed by atoms with Crippen molar-refractivity contribution >= 4 is 5.96 Å². The Kier molecular flexibility index (Phi) is 6.22. The molecule has 0 aliphatic heterocycles. The lowest BCUT2D eigenvalue weighted by molar-refractivity contribution is 0.403. The maximum Gasteiger partial charge on any atom is 0.191 e. The molecule has 0 radical (unpaired) electrons. The Morgan fingerprint density at radius 1 is 1.00 bits per heavy atom. The zero-order valence-corrected chi connectivity index (χ0v) is 16.4. The lowest BCUT2D eigenvalue weighted by Crippen LogP contribution is -2.41. The number of benzene rings is 2. The topological polar surface area (TPSA) is 54.9 Å². The Bertz CT molecular complexity index is 767. The lowest BCUT2D eigenvalue weighted by Gasteiger charge is -2.21. The number of nitrogens with zero attached hydrogens (tertiary/aromatic N) is 1. The second-order valence-electron chi connectivity index (χ2n) is 6.88. The van der Waals surface area contributed by atoms with E-state index in [1.54, 1.807) is 14.2 Å². The van der Waals surface area contributed by atoms with Crippen molar-refractivity contribution in [2.45, 2.75) is 31.7 Å². The summed E-state index contributed by atoms with van der Waals surface area (Å²) in [5, 5.41) is 6.86. The van der Waals surface area contributed by atoms with Crippen LogP contribution in [0.25, 0.3) is 0 Å². The molecule has 5 heteroatoms. The summed E-state index contributed by atoms with van der Waals surface area (Å²) >= 11 is 0. The van der Waals surface area contributed by atoms with Gasteiger partial charge in [-0.3, -0.25) is 0 Å². The van der Waals surface area contributed by atoms with Crippen molar-refractivity contribution in [1.29, 1.82) is 0 Å². The van der Waals surface area contributed by atoms with Gasteiger partial charge in [0, 0.05) is 24.1 Å². The fraction of sp³-hybridized carbons (Fsp3) is 0.409. The van der Waals surface area contributed by atoms with Crippen LogP contribution in [0.5, 0.6) is 11.5 Å². The van der Waals surface area contributed by atoms with Crippen LogP contribution in [0.2, 0.25) is 0 Å². The fourth-order valence-corrected chi connectivity index (χ4v) is 3.27. The fourth-order valence-electron chi connectivity index (χ4n) is 3.27. The smallest absolute Gasteiger partial charge is 0.191 e. The van der Waals surface area contributed by atoms with E-state index in [0.29, 0.717) is 6.54 Å². The van der Waals surface area contributed by atoms with Gasteiger partial charge in [-0.15, -0.1) is 0 Å². The molecule has 1 fully saturated rings. The second-order valence-corrected chi connectivity index (χ2v) is 6.88. The molecular weight excluding hydrogens is 338 g/mol. The first-order valence-corrected chi connectivity index (χ1v) is 9.49. The Morgan fingerprint density at radius 3 is 2.37 bits per heavy atom. The molecule has 0 spiro atoms. The van der Waals surface area contributed by atoms with Crippen LogP contribution in [0.3, 0.4) is 0 Å². The minimum Gasteiger partial charge on any atom is -0.497 e. The third kappa shape index (κ3) is 4.73. The molecule has 1 saturated carbocycles. The highest BCUT2D eigenvalue weighted by atomic mass is 16.5. The molecule has 1 aliphatic rings. The highest BCUT2D eigenvalue weighted by Crippen LogP contribution is 2.50. The number of hydrogen-bond acceptors (Lipinski definition) is 3. The van der Waals surface area contributed by atoms with Crippen molar-refractivity contribution in [3.8, 4) is 11.5 Å². The van der Waals surface area contributed by atoms with Gasteiger partial charge in [-0.1, -0.05) is 30.3 Å². The number of rotatable bonds is 8. The molecule has 0 saturated heterocycles. The molecule has 0 amide bonds. The Balaban J connectivity index is 1.65. The lowest BCUT2D eigenvalue weighted by atomic mass is 9.95. The van der Waals surface area contributed by atoms with E-state index in [0.717, 1.165) is 49.0 Å². The van der Waals surface area contributed by atoms with Crippen LogP contribution < -0.4 is 20.1 Å². The normalized spacial score (nSPS) is 15.1. The quantitative estimate of drug-likeness (QED) is 0.554. The third-order valence-corrected chi connectivity index (χ3v) is 5.05. The maximum absolute atomic E-state index is 5.57. The minimum absolute atomic E-state index is 0.142. The first-order valence-electron chi connectivity index (χ1n) is 9.49. The molecule has 5 nitrogen and oxygen atoms in total. The van der Waals surface area contributed by atoms with E-state index in [-0.39, 0.29) is 5.41 Å². The summed E-state index contributed by atoms with van der Waals surface area (Å²) in [4.78, 5) is 4.73. The molecule has 0 heterocycles. The van der Waals surface area contributed by atoms with Gasteiger partial charge in [0.25, 0.3) is 0 Å². The van der Waals surface area contributed by atoms with Crippen molar-refractivity contribution in [2.24, 2.45) is 4.99 Å². The average molecular weight is 367 g/mol. The maximum atomic E-state index is 5.57. The van der Waals surface area contributed by atoms with Gasteiger partial charge in [0.1, 0.15) is 11.5 Å². The number of para-hydroxylation sites is 1. The van der Waals surface area contributed by atoms with Crippen molar-refractivity contribution in [3.05, 3.63) is 59.7 Å². The number of hydrogen-bond donors (Lipinski definition) is 2. The molecule has 2 aromatic carbocycles. The number of guanidine groups is 1. The van der Waals surface area contributed by atoms with Gasteiger partial charge in [0.05, 0.1) is 20.8 Å². The van der Waals surface area contributed by atoms with E-state index in [4.69, 9.17) is 14.5 Å². The Morgan fingerprint density at radius 2 is 1.74 bits per heavy atom. The average Bonchev–Trinajstić information content (AvgIpc) is 3.51. The van der Waals surface area contributed by atoms with Crippen LogP contribution >= 0.6 is 0 Å². The van der Waals surface area contributed by atoms with Crippen molar-refractivity contribution in [3.63, 3.8) is 0 Å². The molecule has 0 bridgehead atoms. The molecule has 0 unspecified atom stereocenters. The van der Waals surface area contributed by atoms with Crippen LogP contribution in [-0.2, 0) is 12.0 Å².